The van der Waals surface area contributed by atoms with E-state index >= 15 is 0 Å². The molecule has 1 amide bonds. The first kappa shape index (κ1) is 16.3. The van der Waals surface area contributed by atoms with Gasteiger partial charge in [0.1, 0.15) is 11.5 Å². The van der Waals surface area contributed by atoms with Gasteiger partial charge in [-0.25, -0.2) is 0 Å². The third-order valence-electron chi connectivity index (χ3n) is 3.90. The number of nitrogens with one attached hydrogen (secondary N) is 1. The second-order valence-electron chi connectivity index (χ2n) is 5.70. The smallest absolute Gasteiger partial charge is 0.255 e. The molecule has 0 radical (unpaired) electrons. The number of halogens is 1. The maximum atomic E-state index is 12.7. The van der Waals surface area contributed by atoms with Gasteiger partial charge in [-0.3, -0.25) is 4.79 Å². The molecule has 1 aromatic heterocycles. The zero-order chi connectivity index (χ0) is 17.1. The third kappa shape index (κ3) is 3.52. The second-order valence-corrected chi connectivity index (χ2v) is 6.13. The molecule has 2 aromatic carbocycles. The van der Waals surface area contributed by atoms with Crippen molar-refractivity contribution in [2.24, 2.45) is 0 Å². The number of carbonyl (C=O) groups excluding carboxylic acids is 1. The fourth-order valence-electron chi connectivity index (χ4n) is 2.72. The summed E-state index contributed by atoms with van der Waals surface area (Å²) in [5.74, 6) is 1.18. The van der Waals surface area contributed by atoms with Crippen LogP contribution < -0.4 is 5.32 Å². The van der Waals surface area contributed by atoms with E-state index < -0.39 is 0 Å². The Bertz CT molecular complexity index is 838. The normalized spacial score (nSPS) is 12.0. The number of benzene rings is 2. The Labute approximate surface area is 146 Å². The average molecular weight is 340 g/mol. The molecule has 3 nitrogen and oxygen atoms in total. The molecule has 1 N–H and O–H groups in total. The van der Waals surface area contributed by atoms with Gasteiger partial charge in [-0.1, -0.05) is 54.1 Å². The van der Waals surface area contributed by atoms with Crippen LogP contribution in [-0.2, 0) is 0 Å². The molecule has 1 atom stereocenters. The van der Waals surface area contributed by atoms with Crippen molar-refractivity contribution in [2.45, 2.75) is 19.9 Å². The molecular formula is C20H18ClNO2. The summed E-state index contributed by atoms with van der Waals surface area (Å²) >= 11 is 5.99. The molecule has 0 fully saturated rings. The van der Waals surface area contributed by atoms with Crippen molar-refractivity contribution < 1.29 is 9.21 Å². The van der Waals surface area contributed by atoms with Crippen LogP contribution in [0.2, 0.25) is 5.02 Å². The van der Waals surface area contributed by atoms with E-state index in [1.807, 2.05) is 61.5 Å². The minimum atomic E-state index is -0.259. The predicted octanol–water partition coefficient (Wildman–Crippen LogP) is 5.07. The highest BCUT2D eigenvalue weighted by Gasteiger charge is 2.20. The summed E-state index contributed by atoms with van der Waals surface area (Å²) in [6.07, 6.45) is 0. The topological polar surface area (TPSA) is 42.2 Å². The van der Waals surface area contributed by atoms with E-state index in [0.717, 1.165) is 16.9 Å². The molecule has 24 heavy (non-hydrogen) atoms. The number of furan rings is 1. The minimum absolute atomic E-state index is 0.159. The highest BCUT2D eigenvalue weighted by atomic mass is 35.5. The van der Waals surface area contributed by atoms with Gasteiger partial charge in [0.15, 0.2) is 0 Å². The van der Waals surface area contributed by atoms with Gasteiger partial charge in [-0.2, -0.15) is 0 Å². The first-order valence-corrected chi connectivity index (χ1v) is 8.10. The Balaban J connectivity index is 1.94. The van der Waals surface area contributed by atoms with Crippen molar-refractivity contribution in [3.05, 3.63) is 93.9 Å². The van der Waals surface area contributed by atoms with Crippen LogP contribution in [0.25, 0.3) is 0 Å². The van der Waals surface area contributed by atoms with Crippen LogP contribution in [0.5, 0.6) is 0 Å². The molecule has 0 aliphatic carbocycles. The van der Waals surface area contributed by atoms with Gasteiger partial charge in [0.05, 0.1) is 11.6 Å². The van der Waals surface area contributed by atoms with Gasteiger partial charge < -0.3 is 9.73 Å². The SMILES string of the molecule is Cc1cc(C(=O)NC(c2ccccc2)c2ccc(Cl)cc2)c(C)o1. The predicted molar refractivity (Wildman–Crippen MR) is 95.4 cm³/mol. The van der Waals surface area contributed by atoms with Crippen LogP contribution in [-0.4, -0.2) is 5.91 Å². The number of amides is 1. The van der Waals surface area contributed by atoms with Crippen LogP contribution in [0.3, 0.4) is 0 Å². The van der Waals surface area contributed by atoms with E-state index in [-0.39, 0.29) is 11.9 Å². The van der Waals surface area contributed by atoms with Crippen LogP contribution >= 0.6 is 11.6 Å². The van der Waals surface area contributed by atoms with E-state index in [0.29, 0.717) is 16.3 Å². The molecule has 1 heterocycles. The number of hydrogen-bond acceptors (Lipinski definition) is 2. The van der Waals surface area contributed by atoms with E-state index in [1.54, 1.807) is 13.0 Å². The van der Waals surface area contributed by atoms with Gasteiger partial charge in [0.2, 0.25) is 0 Å². The monoisotopic (exact) mass is 339 g/mol. The molecule has 3 aromatic rings. The number of carbonyl (C=O) groups is 1. The number of rotatable bonds is 4. The highest BCUT2D eigenvalue weighted by Crippen LogP contribution is 2.25. The molecule has 0 aliphatic rings. The Morgan fingerprint density at radius 2 is 1.62 bits per heavy atom. The molecule has 0 bridgehead atoms. The summed E-state index contributed by atoms with van der Waals surface area (Å²) in [7, 11) is 0. The van der Waals surface area contributed by atoms with E-state index in [1.165, 1.54) is 0 Å². The molecule has 0 aliphatic heterocycles. The molecular weight excluding hydrogens is 322 g/mol. The standard InChI is InChI=1S/C20H18ClNO2/c1-13-12-18(14(2)24-13)20(23)22-19(15-6-4-3-5-7-15)16-8-10-17(21)11-9-16/h3-12,19H,1-2H3,(H,22,23). The van der Waals surface area contributed by atoms with Crippen LogP contribution in [0, 0.1) is 13.8 Å². The van der Waals surface area contributed by atoms with Gasteiger partial charge in [0, 0.05) is 5.02 Å². The molecule has 4 heteroatoms. The first-order valence-electron chi connectivity index (χ1n) is 7.73. The zero-order valence-corrected chi connectivity index (χ0v) is 14.3. The molecule has 1 unspecified atom stereocenters. The van der Waals surface area contributed by atoms with Crippen molar-refractivity contribution in [3.8, 4) is 0 Å². The summed E-state index contributed by atoms with van der Waals surface area (Å²) in [4.78, 5) is 12.7. The fraction of sp³-hybridized carbons (Fsp3) is 0.150. The second kappa shape index (κ2) is 6.93. The Kier molecular flexibility index (Phi) is 4.72. The van der Waals surface area contributed by atoms with Crippen molar-refractivity contribution in [2.75, 3.05) is 0 Å². The lowest BCUT2D eigenvalue weighted by atomic mass is 9.98. The number of aryl methyl sites for hydroxylation is 2. The Morgan fingerprint density at radius 3 is 2.21 bits per heavy atom. The van der Waals surface area contributed by atoms with Crippen molar-refractivity contribution in [1.82, 2.24) is 5.32 Å². The Morgan fingerprint density at radius 1 is 1.00 bits per heavy atom. The lowest BCUT2D eigenvalue weighted by molar-refractivity contribution is 0.0941. The third-order valence-corrected chi connectivity index (χ3v) is 4.15. The first-order chi connectivity index (χ1) is 11.5. The van der Waals surface area contributed by atoms with E-state index in [9.17, 15) is 4.79 Å². The van der Waals surface area contributed by atoms with Crippen LogP contribution in [0.1, 0.15) is 39.0 Å². The molecule has 122 valence electrons. The van der Waals surface area contributed by atoms with E-state index in [2.05, 4.69) is 5.32 Å². The summed E-state index contributed by atoms with van der Waals surface area (Å²) in [5, 5.41) is 3.76. The molecule has 0 saturated heterocycles. The summed E-state index contributed by atoms with van der Waals surface area (Å²) < 4.78 is 5.47. The highest BCUT2D eigenvalue weighted by molar-refractivity contribution is 6.30. The summed E-state index contributed by atoms with van der Waals surface area (Å²) in [6.45, 7) is 3.62. The van der Waals surface area contributed by atoms with Gasteiger partial charge in [-0.15, -0.1) is 0 Å². The van der Waals surface area contributed by atoms with Crippen molar-refractivity contribution in [3.63, 3.8) is 0 Å². The number of hydrogen-bond donors (Lipinski definition) is 1. The summed E-state index contributed by atoms with van der Waals surface area (Å²) in [6, 6.07) is 18.9. The van der Waals surface area contributed by atoms with Gasteiger partial charge >= 0.3 is 0 Å². The molecule has 0 spiro atoms. The van der Waals surface area contributed by atoms with Gasteiger partial charge in [0.25, 0.3) is 5.91 Å². The molecule has 0 saturated carbocycles. The Hall–Kier alpha value is -2.52. The lowest BCUT2D eigenvalue weighted by Gasteiger charge is -2.20. The average Bonchev–Trinajstić information content (AvgIpc) is 2.93. The summed E-state index contributed by atoms with van der Waals surface area (Å²) in [5.41, 5.74) is 2.53. The van der Waals surface area contributed by atoms with Crippen LogP contribution in [0.15, 0.2) is 65.1 Å². The van der Waals surface area contributed by atoms with Crippen molar-refractivity contribution >= 4 is 17.5 Å². The van der Waals surface area contributed by atoms with Crippen molar-refractivity contribution in [1.29, 1.82) is 0 Å². The van der Waals surface area contributed by atoms with Crippen LogP contribution in [0.4, 0.5) is 0 Å². The largest absolute Gasteiger partial charge is 0.466 e. The molecule has 3 rings (SSSR count). The zero-order valence-electron chi connectivity index (χ0n) is 13.5. The maximum Gasteiger partial charge on any atom is 0.255 e. The minimum Gasteiger partial charge on any atom is -0.466 e. The lowest BCUT2D eigenvalue weighted by Crippen LogP contribution is -2.29. The van der Waals surface area contributed by atoms with E-state index in [4.69, 9.17) is 16.0 Å². The fourth-order valence-corrected chi connectivity index (χ4v) is 2.85. The van der Waals surface area contributed by atoms with Gasteiger partial charge in [-0.05, 0) is 43.2 Å². The maximum absolute atomic E-state index is 12.7. The quantitative estimate of drug-likeness (QED) is 0.721.